The van der Waals surface area contributed by atoms with Crippen LogP contribution in [0.25, 0.3) is 0 Å². The van der Waals surface area contributed by atoms with Crippen molar-refractivity contribution in [2.45, 2.75) is 19.9 Å². The number of amides is 1. The van der Waals surface area contributed by atoms with Crippen molar-refractivity contribution in [3.8, 4) is 0 Å². The normalized spacial score (nSPS) is 10.9. The molecule has 0 aromatic carbocycles. The first-order valence-electron chi connectivity index (χ1n) is 5.51. The van der Waals surface area contributed by atoms with Crippen molar-refractivity contribution >= 4 is 27.7 Å². The fourth-order valence-electron chi connectivity index (χ4n) is 1.11. The maximum Gasteiger partial charge on any atom is 0.340 e. The lowest BCUT2D eigenvalue weighted by Crippen LogP contribution is -2.49. The number of esters is 2. The summed E-state index contributed by atoms with van der Waals surface area (Å²) in [5.74, 6) is -3.80. The van der Waals surface area contributed by atoms with Crippen LogP contribution in [0, 0.1) is 0 Å². The van der Waals surface area contributed by atoms with Crippen LogP contribution in [-0.4, -0.2) is 57.5 Å². The summed E-state index contributed by atoms with van der Waals surface area (Å²) < 4.78 is 31.0. The third-order valence-electron chi connectivity index (χ3n) is 1.74. The SMILES string of the molecule is CCOC(=O)C(NC(=O)CS(C)(=O)=O)C(=O)OCC. The molecule has 0 spiro atoms. The van der Waals surface area contributed by atoms with E-state index in [0.29, 0.717) is 0 Å². The van der Waals surface area contributed by atoms with Gasteiger partial charge >= 0.3 is 11.9 Å². The average molecular weight is 295 g/mol. The molecule has 0 heterocycles. The summed E-state index contributed by atoms with van der Waals surface area (Å²) in [5, 5.41) is 1.98. The second-order valence-corrected chi connectivity index (χ2v) is 5.71. The average Bonchev–Trinajstić information content (AvgIpc) is 2.24. The van der Waals surface area contributed by atoms with E-state index in [1.54, 1.807) is 0 Å². The molecule has 0 saturated heterocycles. The molecule has 0 rings (SSSR count). The first kappa shape index (κ1) is 17.4. The fraction of sp³-hybridized carbons (Fsp3) is 0.700. The van der Waals surface area contributed by atoms with Crippen molar-refractivity contribution in [2.24, 2.45) is 0 Å². The van der Waals surface area contributed by atoms with Crippen molar-refractivity contribution in [2.75, 3.05) is 25.2 Å². The monoisotopic (exact) mass is 295 g/mol. The van der Waals surface area contributed by atoms with Crippen LogP contribution in [0.4, 0.5) is 0 Å². The molecule has 0 radical (unpaired) electrons. The molecule has 0 aromatic heterocycles. The maximum absolute atomic E-state index is 11.5. The molecule has 0 unspecified atom stereocenters. The molecule has 0 atom stereocenters. The molecule has 1 amide bonds. The molecule has 19 heavy (non-hydrogen) atoms. The Morgan fingerprint density at radius 1 is 1.05 bits per heavy atom. The fourth-order valence-corrected chi connectivity index (χ4v) is 1.67. The number of nitrogens with one attached hydrogen (secondary N) is 1. The van der Waals surface area contributed by atoms with E-state index in [1.807, 2.05) is 5.32 Å². The molecule has 110 valence electrons. The van der Waals surface area contributed by atoms with Crippen molar-refractivity contribution in [3.63, 3.8) is 0 Å². The van der Waals surface area contributed by atoms with Crippen LogP contribution < -0.4 is 5.32 Å². The Hall–Kier alpha value is -1.64. The quantitative estimate of drug-likeness (QED) is 0.455. The third-order valence-corrected chi connectivity index (χ3v) is 2.53. The highest BCUT2D eigenvalue weighted by Crippen LogP contribution is 1.95. The minimum atomic E-state index is -3.56. The standard InChI is InChI=1S/C10H17NO7S/c1-4-17-9(13)8(10(14)18-5-2)11-7(12)6-19(3,15)16/h8H,4-6H2,1-3H3,(H,11,12). The largest absolute Gasteiger partial charge is 0.464 e. The Labute approximate surface area is 111 Å². The van der Waals surface area contributed by atoms with Crippen LogP contribution in [0.3, 0.4) is 0 Å². The van der Waals surface area contributed by atoms with Crippen LogP contribution in [0.5, 0.6) is 0 Å². The van der Waals surface area contributed by atoms with Gasteiger partial charge in [-0.3, -0.25) is 4.79 Å². The van der Waals surface area contributed by atoms with Crippen molar-refractivity contribution < 1.29 is 32.3 Å². The Morgan fingerprint density at radius 3 is 1.79 bits per heavy atom. The maximum atomic E-state index is 11.5. The predicted molar refractivity (Wildman–Crippen MR) is 64.9 cm³/mol. The van der Waals surface area contributed by atoms with E-state index in [9.17, 15) is 22.8 Å². The molecule has 0 saturated carbocycles. The first-order valence-corrected chi connectivity index (χ1v) is 7.57. The smallest absolute Gasteiger partial charge is 0.340 e. The van der Waals surface area contributed by atoms with E-state index < -0.39 is 39.5 Å². The van der Waals surface area contributed by atoms with Gasteiger partial charge in [0.1, 0.15) is 5.75 Å². The zero-order valence-corrected chi connectivity index (χ0v) is 11.8. The lowest BCUT2D eigenvalue weighted by Gasteiger charge is -2.15. The molecular formula is C10H17NO7S. The van der Waals surface area contributed by atoms with Crippen molar-refractivity contribution in [1.29, 1.82) is 0 Å². The van der Waals surface area contributed by atoms with Crippen LogP contribution in [0.15, 0.2) is 0 Å². The third kappa shape index (κ3) is 7.39. The Bertz CT molecular complexity index is 425. The summed E-state index contributed by atoms with van der Waals surface area (Å²) >= 11 is 0. The van der Waals surface area contributed by atoms with E-state index in [1.165, 1.54) is 13.8 Å². The highest BCUT2D eigenvalue weighted by atomic mass is 32.2. The summed E-state index contributed by atoms with van der Waals surface area (Å²) in [6.45, 7) is 3.07. The minimum Gasteiger partial charge on any atom is -0.464 e. The van der Waals surface area contributed by atoms with Gasteiger partial charge in [-0.15, -0.1) is 0 Å². The highest BCUT2D eigenvalue weighted by Gasteiger charge is 2.31. The summed E-state index contributed by atoms with van der Waals surface area (Å²) in [6.07, 6.45) is 0.857. The number of rotatable bonds is 7. The second-order valence-electron chi connectivity index (χ2n) is 3.57. The molecule has 9 heteroatoms. The Kier molecular flexibility index (Phi) is 7.05. The molecule has 0 aliphatic carbocycles. The number of hydrogen-bond acceptors (Lipinski definition) is 7. The number of carbonyl (C=O) groups is 3. The van der Waals surface area contributed by atoms with E-state index in [2.05, 4.69) is 9.47 Å². The minimum absolute atomic E-state index is 0.0106. The van der Waals surface area contributed by atoms with Crippen LogP contribution in [0.2, 0.25) is 0 Å². The van der Waals surface area contributed by atoms with E-state index in [4.69, 9.17) is 0 Å². The highest BCUT2D eigenvalue weighted by molar-refractivity contribution is 7.91. The zero-order valence-electron chi connectivity index (χ0n) is 11.0. The van der Waals surface area contributed by atoms with Gasteiger partial charge in [0, 0.05) is 6.26 Å². The number of sulfone groups is 1. The number of ether oxygens (including phenoxy) is 2. The van der Waals surface area contributed by atoms with E-state index in [0.717, 1.165) is 6.26 Å². The summed E-state index contributed by atoms with van der Waals surface area (Å²) in [7, 11) is -3.56. The number of carbonyl (C=O) groups excluding carboxylic acids is 3. The second kappa shape index (κ2) is 7.72. The van der Waals surface area contributed by atoms with Gasteiger partial charge in [0.2, 0.25) is 11.9 Å². The van der Waals surface area contributed by atoms with Gasteiger partial charge < -0.3 is 14.8 Å². The Morgan fingerprint density at radius 2 is 1.47 bits per heavy atom. The van der Waals surface area contributed by atoms with Gasteiger partial charge in [0.25, 0.3) is 0 Å². The van der Waals surface area contributed by atoms with Gasteiger partial charge in [-0.1, -0.05) is 0 Å². The lowest BCUT2D eigenvalue weighted by molar-refractivity contribution is -0.159. The summed E-state index contributed by atoms with van der Waals surface area (Å²) in [4.78, 5) is 34.3. The summed E-state index contributed by atoms with van der Waals surface area (Å²) in [6, 6.07) is -1.66. The van der Waals surface area contributed by atoms with Crippen molar-refractivity contribution in [1.82, 2.24) is 5.32 Å². The topological polar surface area (TPSA) is 116 Å². The van der Waals surface area contributed by atoms with Gasteiger partial charge in [-0.05, 0) is 13.8 Å². The molecule has 0 aliphatic heterocycles. The van der Waals surface area contributed by atoms with Gasteiger partial charge in [-0.25, -0.2) is 18.0 Å². The first-order chi connectivity index (χ1) is 8.71. The van der Waals surface area contributed by atoms with Crippen molar-refractivity contribution in [3.05, 3.63) is 0 Å². The number of hydrogen-bond donors (Lipinski definition) is 1. The zero-order chi connectivity index (χ0) is 15.1. The molecular weight excluding hydrogens is 278 g/mol. The molecule has 0 bridgehead atoms. The molecule has 8 nitrogen and oxygen atoms in total. The lowest BCUT2D eigenvalue weighted by atomic mass is 10.3. The van der Waals surface area contributed by atoms with Crippen LogP contribution in [0.1, 0.15) is 13.8 Å². The van der Waals surface area contributed by atoms with Gasteiger partial charge in [-0.2, -0.15) is 0 Å². The van der Waals surface area contributed by atoms with Crippen LogP contribution in [-0.2, 0) is 33.7 Å². The van der Waals surface area contributed by atoms with E-state index >= 15 is 0 Å². The molecule has 0 fully saturated rings. The Balaban J connectivity index is 4.80. The molecule has 0 aliphatic rings. The van der Waals surface area contributed by atoms with Gasteiger partial charge in [0.15, 0.2) is 9.84 Å². The predicted octanol–water partition coefficient (Wildman–Crippen LogP) is -1.36. The van der Waals surface area contributed by atoms with Crippen LogP contribution >= 0.6 is 0 Å². The summed E-state index contributed by atoms with van der Waals surface area (Å²) in [5.41, 5.74) is 0. The molecule has 0 aromatic rings. The van der Waals surface area contributed by atoms with E-state index in [-0.39, 0.29) is 13.2 Å². The molecule has 1 N–H and O–H groups in total. The van der Waals surface area contributed by atoms with Gasteiger partial charge in [0.05, 0.1) is 13.2 Å².